The maximum Gasteiger partial charge on any atom is 0.310 e. The van der Waals surface area contributed by atoms with Gasteiger partial charge in [-0.25, -0.2) is 20.2 Å². The number of nitrogens with zero attached hydrogens (tertiary/aromatic N) is 6. The zero-order chi connectivity index (χ0) is 50.5. The van der Waals surface area contributed by atoms with Crippen molar-refractivity contribution in [1.29, 1.82) is 0 Å². The number of ether oxygens (including phenoxy) is 3. The van der Waals surface area contributed by atoms with Gasteiger partial charge in [-0.3, -0.25) is 19.4 Å². The van der Waals surface area contributed by atoms with Crippen molar-refractivity contribution in [3.8, 4) is 34.0 Å². The normalized spacial score (nSPS) is 17.2. The van der Waals surface area contributed by atoms with Crippen LogP contribution in [0.5, 0.6) is 11.8 Å². The maximum absolute atomic E-state index is 12.1. The van der Waals surface area contributed by atoms with Gasteiger partial charge in [0.15, 0.2) is 0 Å². The molecule has 18 nitrogen and oxygen atoms in total. The van der Waals surface area contributed by atoms with Gasteiger partial charge >= 0.3 is 11.9 Å². The van der Waals surface area contributed by atoms with E-state index in [1.165, 1.54) is 15.7 Å². The molecule has 2 aromatic carbocycles. The summed E-state index contributed by atoms with van der Waals surface area (Å²) >= 11 is 0. The highest BCUT2D eigenvalue weighted by Gasteiger charge is 2.30. The highest BCUT2D eigenvalue weighted by atomic mass is 32.2. The number of esters is 1. The molecule has 0 aliphatic carbocycles. The Balaban J connectivity index is 0.000000258. The third kappa shape index (κ3) is 16.0. The number of benzene rings is 2. The van der Waals surface area contributed by atoms with E-state index in [1.54, 1.807) is 12.4 Å². The monoisotopic (exact) mass is 994 g/mol. The summed E-state index contributed by atoms with van der Waals surface area (Å²) in [5.41, 5.74) is 7.46. The number of piperidine rings is 2. The van der Waals surface area contributed by atoms with Crippen molar-refractivity contribution < 1.29 is 45.7 Å². The molecule has 6 rings (SSSR count). The summed E-state index contributed by atoms with van der Waals surface area (Å²) in [7, 11) is -2.05. The van der Waals surface area contributed by atoms with Crippen molar-refractivity contribution in [3.05, 3.63) is 95.3 Å². The van der Waals surface area contributed by atoms with Crippen LogP contribution in [0.2, 0.25) is 0 Å². The second kappa shape index (κ2) is 25.2. The van der Waals surface area contributed by atoms with Crippen LogP contribution in [0.3, 0.4) is 0 Å². The van der Waals surface area contributed by atoms with Crippen LogP contribution in [0.25, 0.3) is 22.3 Å². The number of rotatable bonds is 20. The van der Waals surface area contributed by atoms with Crippen molar-refractivity contribution in [2.24, 2.45) is 10.3 Å². The molecule has 378 valence electrons. The van der Waals surface area contributed by atoms with E-state index >= 15 is 0 Å². The number of aliphatic carboxylic acids is 1. The molecule has 69 heavy (non-hydrogen) atoms. The molecule has 2 aromatic heterocycles. The van der Waals surface area contributed by atoms with Crippen LogP contribution in [0.1, 0.15) is 87.5 Å². The number of hydrogen-bond acceptors (Lipinski definition) is 13. The number of methoxy groups -OCH3 is 1. The van der Waals surface area contributed by atoms with Gasteiger partial charge in [0.1, 0.15) is 13.2 Å². The quantitative estimate of drug-likeness (QED) is 0.0984. The lowest BCUT2D eigenvalue weighted by Gasteiger charge is -2.36. The van der Waals surface area contributed by atoms with Gasteiger partial charge < -0.3 is 19.3 Å². The van der Waals surface area contributed by atoms with Gasteiger partial charge in [0.2, 0.25) is 11.8 Å². The van der Waals surface area contributed by atoms with E-state index in [2.05, 4.69) is 47.5 Å². The zero-order valence-electron chi connectivity index (χ0n) is 40.9. The number of carboxylic acid groups (broad SMARTS) is 1. The average molecular weight is 995 g/mol. The van der Waals surface area contributed by atoms with Gasteiger partial charge in [0.05, 0.1) is 20.0 Å². The van der Waals surface area contributed by atoms with E-state index in [0.29, 0.717) is 64.2 Å². The maximum atomic E-state index is 12.1. The fraction of sp³-hybridized carbons (Fsp3) is 0.510. The van der Waals surface area contributed by atoms with Crippen LogP contribution in [0.4, 0.5) is 0 Å². The number of pyridine rings is 2. The van der Waals surface area contributed by atoms with Crippen LogP contribution >= 0.6 is 0 Å². The van der Waals surface area contributed by atoms with Crippen LogP contribution in [-0.2, 0) is 47.6 Å². The molecule has 2 fully saturated rings. The van der Waals surface area contributed by atoms with Gasteiger partial charge in [-0.15, -0.1) is 0 Å². The molecule has 2 unspecified atom stereocenters. The first-order valence-electron chi connectivity index (χ1n) is 23.3. The minimum Gasteiger partial charge on any atom is -0.481 e. The van der Waals surface area contributed by atoms with E-state index in [9.17, 15) is 31.5 Å². The standard InChI is InChI=1S/C25H36N4O5S.C24H34N4O5S/c1-18(2)21-8-5-9-22(23(21)16-25(30)33-4)19-10-11-27-24(15-19)34-14-13-28(3)20-7-6-12-29(17-20)35(26,31)32;1-17(2)20-7-4-8-21(22(20)15-24(29)30)18-9-10-26-23(14-18)33-13-12-27(3)19-6-5-11-28(16-19)34(25,31)32/h5,8-11,15,18,20H,6-7,12-14,16-17H2,1-4H3,(H2,26,31,32);4,7-10,14,17,19H,5-6,11-13,15-16H2,1-3H3,(H,29,30)(H2,25,31,32). The molecule has 0 spiro atoms. The Hall–Kier alpha value is -5.06. The number of carbonyl (C=O) groups is 2. The Morgan fingerprint density at radius 2 is 1.13 bits per heavy atom. The van der Waals surface area contributed by atoms with E-state index in [4.69, 9.17) is 24.5 Å². The molecule has 2 aliphatic rings. The highest BCUT2D eigenvalue weighted by Crippen LogP contribution is 2.34. The Morgan fingerprint density at radius 3 is 1.51 bits per heavy atom. The molecule has 0 saturated carbocycles. The predicted molar refractivity (Wildman–Crippen MR) is 266 cm³/mol. The van der Waals surface area contributed by atoms with E-state index in [-0.39, 0.29) is 42.7 Å². The lowest BCUT2D eigenvalue weighted by molar-refractivity contribution is -0.140. The predicted octanol–water partition coefficient (Wildman–Crippen LogP) is 5.04. The van der Waals surface area contributed by atoms with Crippen molar-refractivity contribution in [2.75, 3.05) is 73.7 Å². The Kier molecular flexibility index (Phi) is 20.0. The minimum absolute atomic E-state index is 0.0517. The molecule has 2 saturated heterocycles. The van der Waals surface area contributed by atoms with Gasteiger partial charge in [-0.05, 0) is 108 Å². The first kappa shape index (κ1) is 54.9. The number of aromatic nitrogens is 2. The second-order valence-electron chi connectivity index (χ2n) is 18.2. The first-order chi connectivity index (χ1) is 32.7. The summed E-state index contributed by atoms with van der Waals surface area (Å²) in [6.45, 7) is 12.0. The lowest BCUT2D eigenvalue weighted by atomic mass is 9.89. The van der Waals surface area contributed by atoms with Crippen LogP contribution in [0, 0.1) is 0 Å². The number of hydrogen-bond donors (Lipinski definition) is 3. The van der Waals surface area contributed by atoms with Crippen molar-refractivity contribution >= 4 is 32.4 Å². The molecule has 4 aromatic rings. The molecule has 0 radical (unpaired) electrons. The number of carbonyl (C=O) groups excluding carboxylic acids is 1. The van der Waals surface area contributed by atoms with E-state index in [1.807, 2.05) is 74.8 Å². The minimum atomic E-state index is -3.68. The van der Waals surface area contributed by atoms with Crippen LogP contribution in [0.15, 0.2) is 73.1 Å². The summed E-state index contributed by atoms with van der Waals surface area (Å²) in [6, 6.07) is 19.5. The molecule has 2 aliphatic heterocycles. The Bertz CT molecular complexity index is 2580. The second-order valence-corrected chi connectivity index (χ2v) is 21.3. The first-order valence-corrected chi connectivity index (χ1v) is 26.3. The largest absolute Gasteiger partial charge is 0.481 e. The zero-order valence-corrected chi connectivity index (χ0v) is 42.5. The van der Waals surface area contributed by atoms with Crippen molar-refractivity contribution in [2.45, 2.75) is 90.1 Å². The molecular weight excluding hydrogens is 925 g/mol. The van der Waals surface area contributed by atoms with Crippen molar-refractivity contribution in [3.63, 3.8) is 0 Å². The summed E-state index contributed by atoms with van der Waals surface area (Å²) in [6.07, 6.45) is 6.85. The molecule has 2 atom stereocenters. The third-order valence-electron chi connectivity index (χ3n) is 12.7. The lowest BCUT2D eigenvalue weighted by Crippen LogP contribution is -2.51. The molecule has 0 amide bonds. The van der Waals surface area contributed by atoms with Crippen molar-refractivity contribution in [1.82, 2.24) is 28.4 Å². The average Bonchev–Trinajstić information content (AvgIpc) is 3.31. The highest BCUT2D eigenvalue weighted by molar-refractivity contribution is 7.87. The topological polar surface area (TPSA) is 241 Å². The Morgan fingerprint density at radius 1 is 0.710 bits per heavy atom. The van der Waals surface area contributed by atoms with Crippen LogP contribution in [-0.4, -0.2) is 148 Å². The van der Waals surface area contributed by atoms with Crippen LogP contribution < -0.4 is 19.8 Å². The smallest absolute Gasteiger partial charge is 0.310 e. The van der Waals surface area contributed by atoms with E-state index in [0.717, 1.165) is 70.2 Å². The van der Waals surface area contributed by atoms with Gasteiger partial charge in [0.25, 0.3) is 20.4 Å². The van der Waals surface area contributed by atoms with Gasteiger partial charge in [0, 0.05) is 75.9 Å². The SMILES string of the molecule is CC(C)c1cccc(-c2ccnc(OCCN(C)C3CCCN(S(N)(=O)=O)C3)c2)c1CC(=O)O.COC(=O)Cc1c(-c2ccnc(OCCN(C)C3CCCN(S(N)(=O)=O)C3)c2)cccc1C(C)C. The summed E-state index contributed by atoms with van der Waals surface area (Å²) in [5, 5.41) is 20.0. The summed E-state index contributed by atoms with van der Waals surface area (Å²) in [4.78, 5) is 36.5. The number of nitrogens with two attached hydrogens (primary N) is 2. The molecule has 0 bridgehead atoms. The summed E-state index contributed by atoms with van der Waals surface area (Å²) < 4.78 is 66.1. The summed E-state index contributed by atoms with van der Waals surface area (Å²) in [5.74, 6) is 0.255. The molecule has 20 heteroatoms. The Labute approximate surface area is 408 Å². The molecule has 5 N–H and O–H groups in total. The number of carboxylic acids is 1. The number of likely N-dealkylation sites (N-methyl/N-ethyl adjacent to an activating group) is 2. The molecular formula is C49H70N8O10S2. The third-order valence-corrected chi connectivity index (χ3v) is 14.8. The fourth-order valence-electron chi connectivity index (χ4n) is 8.88. The fourth-order valence-corrected chi connectivity index (χ4v) is 10.4. The van der Waals surface area contributed by atoms with Gasteiger partial charge in [-0.1, -0.05) is 64.1 Å². The van der Waals surface area contributed by atoms with E-state index < -0.39 is 26.4 Å². The van der Waals surface area contributed by atoms with Gasteiger partial charge in [-0.2, -0.15) is 25.4 Å². The molecule has 4 heterocycles.